The van der Waals surface area contributed by atoms with Gasteiger partial charge in [0.1, 0.15) is 0 Å². The van der Waals surface area contributed by atoms with Crippen LogP contribution in [0.5, 0.6) is 0 Å². The third-order valence-corrected chi connectivity index (χ3v) is 6.78. The van der Waals surface area contributed by atoms with Crippen molar-refractivity contribution in [3.8, 4) is 0 Å². The van der Waals surface area contributed by atoms with Crippen molar-refractivity contribution in [2.45, 2.75) is 13.0 Å². The van der Waals surface area contributed by atoms with Gasteiger partial charge in [0.2, 0.25) is 0 Å². The second-order valence-corrected chi connectivity index (χ2v) is 8.54. The largest absolute Gasteiger partial charge is 0.379 e. The predicted molar refractivity (Wildman–Crippen MR) is 94.2 cm³/mol. The first-order valence-electron chi connectivity index (χ1n) is 8.35. The molecule has 0 spiro atoms. The van der Waals surface area contributed by atoms with E-state index in [0.717, 1.165) is 31.1 Å². The Bertz CT molecular complexity index is 632. The van der Waals surface area contributed by atoms with Crippen LogP contribution in [-0.4, -0.2) is 74.4 Å². The summed E-state index contributed by atoms with van der Waals surface area (Å²) in [7, 11) is -3.37. The lowest BCUT2D eigenvalue weighted by Gasteiger charge is -2.31. The Morgan fingerprint density at radius 1 is 0.917 bits per heavy atom. The van der Waals surface area contributed by atoms with Crippen molar-refractivity contribution in [2.24, 2.45) is 0 Å². The first kappa shape index (κ1) is 18.1. The summed E-state index contributed by atoms with van der Waals surface area (Å²) in [5.74, 6) is 0. The van der Waals surface area contributed by atoms with Gasteiger partial charge in [-0.2, -0.15) is 17.0 Å². The minimum absolute atomic E-state index is 0.452. The third kappa shape index (κ3) is 4.47. The van der Waals surface area contributed by atoms with E-state index in [9.17, 15) is 8.42 Å². The SMILES string of the molecule is O=S(=O)(N1CCOCC1)N1CCCN(Cc2ccc(Cl)cc2)CC1. The zero-order chi connectivity index (χ0) is 17.0. The Morgan fingerprint density at radius 3 is 2.29 bits per heavy atom. The molecular weight excluding hydrogens is 350 g/mol. The van der Waals surface area contributed by atoms with Crippen LogP contribution in [0.15, 0.2) is 24.3 Å². The Hall–Kier alpha value is -0.700. The van der Waals surface area contributed by atoms with Crippen LogP contribution in [0.25, 0.3) is 0 Å². The monoisotopic (exact) mass is 373 g/mol. The number of nitrogens with zero attached hydrogens (tertiary/aromatic N) is 3. The van der Waals surface area contributed by atoms with Crippen molar-refractivity contribution in [2.75, 3.05) is 52.5 Å². The zero-order valence-electron chi connectivity index (χ0n) is 13.7. The molecular formula is C16H24ClN3O3S. The molecule has 0 radical (unpaired) electrons. The van der Waals surface area contributed by atoms with Crippen LogP contribution in [0.4, 0.5) is 0 Å². The van der Waals surface area contributed by atoms with Gasteiger partial charge in [0.25, 0.3) is 10.2 Å². The molecule has 0 aliphatic carbocycles. The third-order valence-electron chi connectivity index (χ3n) is 4.49. The van der Waals surface area contributed by atoms with Gasteiger partial charge in [-0.05, 0) is 30.7 Å². The van der Waals surface area contributed by atoms with Gasteiger partial charge in [-0.25, -0.2) is 0 Å². The van der Waals surface area contributed by atoms with Crippen molar-refractivity contribution >= 4 is 21.8 Å². The van der Waals surface area contributed by atoms with Crippen molar-refractivity contribution < 1.29 is 13.2 Å². The van der Waals surface area contributed by atoms with Gasteiger partial charge in [-0.3, -0.25) is 4.90 Å². The maximum atomic E-state index is 12.8. The standard InChI is InChI=1S/C16H24ClN3O3S/c17-16-4-2-15(3-5-16)14-18-6-1-7-19(9-8-18)24(21,22)20-10-12-23-13-11-20/h2-5H,1,6-14H2. The van der Waals surface area contributed by atoms with E-state index in [-0.39, 0.29) is 0 Å². The minimum atomic E-state index is -3.37. The van der Waals surface area contributed by atoms with Crippen LogP contribution in [0, 0.1) is 0 Å². The molecule has 6 nitrogen and oxygen atoms in total. The molecule has 2 saturated heterocycles. The molecule has 0 bridgehead atoms. The van der Waals surface area contributed by atoms with Crippen LogP contribution in [0.1, 0.15) is 12.0 Å². The number of ether oxygens (including phenoxy) is 1. The van der Waals surface area contributed by atoms with Gasteiger partial charge in [0.15, 0.2) is 0 Å². The lowest BCUT2D eigenvalue weighted by Crippen LogP contribution is -2.49. The molecule has 24 heavy (non-hydrogen) atoms. The molecule has 8 heteroatoms. The summed E-state index contributed by atoms with van der Waals surface area (Å²) in [6.45, 7) is 5.45. The van der Waals surface area contributed by atoms with Crippen molar-refractivity contribution in [1.82, 2.24) is 13.5 Å². The van der Waals surface area contributed by atoms with Gasteiger partial charge in [-0.15, -0.1) is 0 Å². The normalized spacial score (nSPS) is 22.4. The number of hydrogen-bond acceptors (Lipinski definition) is 4. The number of halogens is 1. The predicted octanol–water partition coefficient (Wildman–Crippen LogP) is 1.42. The van der Waals surface area contributed by atoms with Crippen molar-refractivity contribution in [1.29, 1.82) is 0 Å². The van der Waals surface area contributed by atoms with Crippen LogP contribution in [0.3, 0.4) is 0 Å². The van der Waals surface area contributed by atoms with Gasteiger partial charge in [0, 0.05) is 44.3 Å². The lowest BCUT2D eigenvalue weighted by molar-refractivity contribution is 0.0702. The zero-order valence-corrected chi connectivity index (χ0v) is 15.3. The average molecular weight is 374 g/mol. The van der Waals surface area contributed by atoms with Crippen LogP contribution < -0.4 is 0 Å². The molecule has 0 unspecified atom stereocenters. The van der Waals surface area contributed by atoms with Gasteiger partial charge < -0.3 is 4.74 Å². The van der Waals surface area contributed by atoms with Gasteiger partial charge in [0.05, 0.1) is 13.2 Å². The summed E-state index contributed by atoms with van der Waals surface area (Å²) in [4.78, 5) is 2.30. The first-order valence-corrected chi connectivity index (χ1v) is 10.1. The smallest absolute Gasteiger partial charge is 0.282 e. The number of rotatable bonds is 4. The van der Waals surface area contributed by atoms with Crippen LogP contribution in [-0.2, 0) is 21.5 Å². The highest BCUT2D eigenvalue weighted by molar-refractivity contribution is 7.86. The van der Waals surface area contributed by atoms with E-state index in [0.29, 0.717) is 39.4 Å². The average Bonchev–Trinajstić information content (AvgIpc) is 2.84. The maximum absolute atomic E-state index is 12.8. The van der Waals surface area contributed by atoms with Gasteiger partial charge in [-0.1, -0.05) is 23.7 Å². The number of benzene rings is 1. The summed E-state index contributed by atoms with van der Waals surface area (Å²) in [5.41, 5.74) is 1.20. The number of hydrogen-bond donors (Lipinski definition) is 0. The lowest BCUT2D eigenvalue weighted by atomic mass is 10.2. The quantitative estimate of drug-likeness (QED) is 0.801. The Labute approximate surface area is 149 Å². The fraction of sp³-hybridized carbons (Fsp3) is 0.625. The van der Waals surface area contributed by atoms with E-state index in [4.69, 9.17) is 16.3 Å². The van der Waals surface area contributed by atoms with E-state index in [1.165, 1.54) is 5.56 Å². The molecule has 0 saturated carbocycles. The Balaban J connectivity index is 1.59. The van der Waals surface area contributed by atoms with Crippen molar-refractivity contribution in [3.05, 3.63) is 34.9 Å². The number of morpholine rings is 1. The second kappa shape index (κ2) is 8.12. The molecule has 2 fully saturated rings. The van der Waals surface area contributed by atoms with Crippen LogP contribution in [0.2, 0.25) is 5.02 Å². The van der Waals surface area contributed by atoms with Crippen molar-refractivity contribution in [3.63, 3.8) is 0 Å². The molecule has 0 N–H and O–H groups in total. The molecule has 2 aliphatic heterocycles. The summed E-state index contributed by atoms with van der Waals surface area (Å²) in [6, 6.07) is 7.83. The first-order chi connectivity index (χ1) is 11.6. The molecule has 0 atom stereocenters. The maximum Gasteiger partial charge on any atom is 0.282 e. The van der Waals surface area contributed by atoms with Gasteiger partial charge >= 0.3 is 0 Å². The topological polar surface area (TPSA) is 53.1 Å². The highest BCUT2D eigenvalue weighted by Crippen LogP contribution is 2.16. The second-order valence-electron chi connectivity index (χ2n) is 6.17. The molecule has 134 valence electrons. The Kier molecular flexibility index (Phi) is 6.12. The molecule has 3 rings (SSSR count). The fourth-order valence-electron chi connectivity index (χ4n) is 3.12. The molecule has 2 heterocycles. The van der Waals surface area contributed by atoms with Crippen LogP contribution >= 0.6 is 11.6 Å². The molecule has 1 aromatic rings. The molecule has 0 amide bonds. The molecule has 1 aromatic carbocycles. The Morgan fingerprint density at radius 2 is 1.58 bits per heavy atom. The molecule has 2 aliphatic rings. The van der Waals surface area contributed by atoms with E-state index >= 15 is 0 Å². The summed E-state index contributed by atoms with van der Waals surface area (Å²) < 4.78 is 33.9. The molecule has 0 aromatic heterocycles. The summed E-state index contributed by atoms with van der Waals surface area (Å²) in [6.07, 6.45) is 0.844. The van der Waals surface area contributed by atoms with E-state index in [1.54, 1.807) is 8.61 Å². The summed E-state index contributed by atoms with van der Waals surface area (Å²) in [5, 5.41) is 0.734. The summed E-state index contributed by atoms with van der Waals surface area (Å²) >= 11 is 5.92. The minimum Gasteiger partial charge on any atom is -0.379 e. The fourth-order valence-corrected chi connectivity index (χ4v) is 4.86. The highest BCUT2D eigenvalue weighted by atomic mass is 35.5. The highest BCUT2D eigenvalue weighted by Gasteiger charge is 2.32. The van der Waals surface area contributed by atoms with E-state index in [1.807, 2.05) is 24.3 Å². The van der Waals surface area contributed by atoms with E-state index < -0.39 is 10.2 Å². The van der Waals surface area contributed by atoms with E-state index in [2.05, 4.69) is 4.90 Å².